The Labute approximate surface area is 107 Å². The van der Waals surface area contributed by atoms with Crippen molar-refractivity contribution in [2.24, 2.45) is 5.73 Å². The lowest BCUT2D eigenvalue weighted by Crippen LogP contribution is -2.38. The van der Waals surface area contributed by atoms with E-state index in [0.29, 0.717) is 19.5 Å². The Hall–Kier alpha value is -0.920. The molecule has 1 aromatic rings. The Balaban J connectivity index is 0.00000144. The zero-order chi connectivity index (χ0) is 11.6. The number of anilines is 1. The topological polar surface area (TPSA) is 89.2 Å². The molecule has 1 aliphatic rings. The Morgan fingerprint density at radius 3 is 2.47 bits per heavy atom. The summed E-state index contributed by atoms with van der Waals surface area (Å²) >= 11 is 0. The van der Waals surface area contributed by atoms with Gasteiger partial charge in [0.05, 0.1) is 5.75 Å². The van der Waals surface area contributed by atoms with E-state index in [1.807, 2.05) is 0 Å². The van der Waals surface area contributed by atoms with Crippen molar-refractivity contribution in [1.82, 2.24) is 9.97 Å². The molecule has 96 valence electrons. The van der Waals surface area contributed by atoms with Crippen molar-refractivity contribution < 1.29 is 8.42 Å². The quantitative estimate of drug-likeness (QED) is 0.840. The summed E-state index contributed by atoms with van der Waals surface area (Å²) in [5.41, 5.74) is 6.21. The lowest BCUT2D eigenvalue weighted by Gasteiger charge is -2.26. The van der Waals surface area contributed by atoms with Crippen molar-refractivity contribution in [1.29, 1.82) is 0 Å². The van der Waals surface area contributed by atoms with E-state index >= 15 is 0 Å². The first-order valence-corrected chi connectivity index (χ1v) is 6.76. The molecule has 0 unspecified atom stereocenters. The van der Waals surface area contributed by atoms with Crippen molar-refractivity contribution in [2.75, 3.05) is 16.6 Å². The van der Waals surface area contributed by atoms with Gasteiger partial charge >= 0.3 is 0 Å². The van der Waals surface area contributed by atoms with Crippen LogP contribution < -0.4 is 10.0 Å². The molecular formula is C9H15ClN4O2S. The molecule has 0 spiro atoms. The summed E-state index contributed by atoms with van der Waals surface area (Å²) in [6.07, 6.45) is 4.68. The Bertz CT molecular complexity index is 462. The predicted octanol–water partition coefficient (Wildman–Crippen LogP) is 0.287. The lowest BCUT2D eigenvalue weighted by atomic mass is 10.3. The van der Waals surface area contributed by atoms with Gasteiger partial charge in [0, 0.05) is 31.0 Å². The molecule has 2 N–H and O–H groups in total. The van der Waals surface area contributed by atoms with Crippen LogP contribution in [0.4, 0.5) is 5.95 Å². The van der Waals surface area contributed by atoms with Crippen LogP contribution in [-0.2, 0) is 16.6 Å². The fourth-order valence-electron chi connectivity index (χ4n) is 1.60. The van der Waals surface area contributed by atoms with Crippen molar-refractivity contribution >= 4 is 28.4 Å². The first kappa shape index (κ1) is 14.1. The van der Waals surface area contributed by atoms with Gasteiger partial charge in [-0.15, -0.1) is 12.4 Å². The SMILES string of the molecule is Cl.NCc1cnc(N2CCCCS2(=O)=O)nc1. The highest BCUT2D eigenvalue weighted by atomic mass is 35.5. The minimum absolute atomic E-state index is 0. The van der Waals surface area contributed by atoms with Crippen LogP contribution in [0, 0.1) is 0 Å². The molecule has 1 aromatic heterocycles. The summed E-state index contributed by atoms with van der Waals surface area (Å²) in [5.74, 6) is 0.423. The zero-order valence-electron chi connectivity index (χ0n) is 9.24. The minimum Gasteiger partial charge on any atom is -0.326 e. The number of halogens is 1. The van der Waals surface area contributed by atoms with Gasteiger partial charge in [0.1, 0.15) is 0 Å². The second-order valence-electron chi connectivity index (χ2n) is 3.69. The summed E-state index contributed by atoms with van der Waals surface area (Å²) in [5, 5.41) is 0. The maximum Gasteiger partial charge on any atom is 0.239 e. The van der Waals surface area contributed by atoms with Gasteiger partial charge in [0.2, 0.25) is 16.0 Å². The van der Waals surface area contributed by atoms with Gasteiger partial charge in [-0.25, -0.2) is 22.7 Å². The zero-order valence-corrected chi connectivity index (χ0v) is 10.9. The molecular weight excluding hydrogens is 264 g/mol. The van der Waals surface area contributed by atoms with E-state index in [2.05, 4.69) is 9.97 Å². The molecule has 0 amide bonds. The Kier molecular flexibility index (Phi) is 4.67. The largest absolute Gasteiger partial charge is 0.326 e. The minimum atomic E-state index is -3.22. The molecule has 2 heterocycles. The van der Waals surface area contributed by atoms with Gasteiger partial charge in [0.25, 0.3) is 0 Å². The number of sulfonamides is 1. The number of nitrogens with two attached hydrogens (primary N) is 1. The molecule has 8 heteroatoms. The molecule has 1 aliphatic heterocycles. The first-order valence-electron chi connectivity index (χ1n) is 5.15. The third kappa shape index (κ3) is 3.05. The van der Waals surface area contributed by atoms with Crippen LogP contribution in [0.25, 0.3) is 0 Å². The Morgan fingerprint density at radius 1 is 1.29 bits per heavy atom. The maximum absolute atomic E-state index is 11.8. The summed E-state index contributed by atoms with van der Waals surface area (Å²) in [4.78, 5) is 8.05. The predicted molar refractivity (Wildman–Crippen MR) is 67.5 cm³/mol. The summed E-state index contributed by atoms with van der Waals surface area (Å²) < 4.78 is 24.8. The van der Waals surface area contributed by atoms with Gasteiger partial charge in [-0.05, 0) is 12.8 Å². The van der Waals surface area contributed by atoms with Crippen LogP contribution in [0.1, 0.15) is 18.4 Å². The molecule has 17 heavy (non-hydrogen) atoms. The van der Waals surface area contributed by atoms with E-state index in [-0.39, 0.29) is 24.1 Å². The number of nitrogens with zero attached hydrogens (tertiary/aromatic N) is 3. The van der Waals surface area contributed by atoms with Gasteiger partial charge in [-0.2, -0.15) is 0 Å². The Morgan fingerprint density at radius 2 is 1.94 bits per heavy atom. The van der Waals surface area contributed by atoms with Crippen LogP contribution >= 0.6 is 12.4 Å². The van der Waals surface area contributed by atoms with Gasteiger partial charge in [-0.1, -0.05) is 0 Å². The van der Waals surface area contributed by atoms with Crippen molar-refractivity contribution in [3.05, 3.63) is 18.0 Å². The van der Waals surface area contributed by atoms with Crippen LogP contribution in [0.5, 0.6) is 0 Å². The maximum atomic E-state index is 11.8. The second-order valence-corrected chi connectivity index (χ2v) is 5.70. The van der Waals surface area contributed by atoms with Crippen molar-refractivity contribution in [3.8, 4) is 0 Å². The van der Waals surface area contributed by atoms with E-state index < -0.39 is 10.0 Å². The molecule has 6 nitrogen and oxygen atoms in total. The molecule has 2 rings (SSSR count). The monoisotopic (exact) mass is 278 g/mol. The number of rotatable bonds is 2. The van der Waals surface area contributed by atoms with E-state index in [1.165, 1.54) is 4.31 Å². The number of hydrogen-bond acceptors (Lipinski definition) is 5. The standard InChI is InChI=1S/C9H14N4O2S.ClH/c10-5-8-6-11-9(12-7-8)13-3-1-2-4-16(13,14)15;/h6-7H,1-5,10H2;1H. The smallest absolute Gasteiger partial charge is 0.239 e. The second kappa shape index (κ2) is 5.61. The number of hydrogen-bond donors (Lipinski definition) is 1. The highest BCUT2D eigenvalue weighted by Gasteiger charge is 2.27. The fourth-order valence-corrected chi connectivity index (χ4v) is 3.14. The van der Waals surface area contributed by atoms with Crippen molar-refractivity contribution in [3.63, 3.8) is 0 Å². The van der Waals surface area contributed by atoms with E-state index in [4.69, 9.17) is 5.73 Å². The molecule has 0 bridgehead atoms. The average Bonchev–Trinajstić information content (AvgIpc) is 2.29. The van der Waals surface area contributed by atoms with Crippen LogP contribution in [-0.4, -0.2) is 30.7 Å². The molecule has 0 atom stereocenters. The van der Waals surface area contributed by atoms with Gasteiger partial charge in [0.15, 0.2) is 0 Å². The third-order valence-corrected chi connectivity index (χ3v) is 4.32. The normalized spacial score (nSPS) is 18.5. The summed E-state index contributed by atoms with van der Waals surface area (Å²) in [6.45, 7) is 0.817. The molecule has 0 saturated carbocycles. The lowest BCUT2D eigenvalue weighted by molar-refractivity contribution is 0.572. The third-order valence-electron chi connectivity index (χ3n) is 2.50. The van der Waals surface area contributed by atoms with Gasteiger partial charge in [-0.3, -0.25) is 0 Å². The molecule has 0 aromatic carbocycles. The van der Waals surface area contributed by atoms with Crippen LogP contribution in [0.2, 0.25) is 0 Å². The van der Waals surface area contributed by atoms with E-state index in [9.17, 15) is 8.42 Å². The van der Waals surface area contributed by atoms with Crippen LogP contribution in [0.3, 0.4) is 0 Å². The first-order chi connectivity index (χ1) is 7.63. The summed E-state index contributed by atoms with van der Waals surface area (Å²) in [6, 6.07) is 0. The van der Waals surface area contributed by atoms with Gasteiger partial charge < -0.3 is 5.73 Å². The molecule has 0 aliphatic carbocycles. The highest BCUT2D eigenvalue weighted by Crippen LogP contribution is 2.19. The molecule has 1 saturated heterocycles. The van der Waals surface area contributed by atoms with E-state index in [1.54, 1.807) is 12.4 Å². The van der Waals surface area contributed by atoms with Crippen LogP contribution in [0.15, 0.2) is 12.4 Å². The molecule has 0 radical (unpaired) electrons. The number of aromatic nitrogens is 2. The summed E-state index contributed by atoms with van der Waals surface area (Å²) in [7, 11) is -3.22. The molecule has 1 fully saturated rings. The average molecular weight is 279 g/mol. The van der Waals surface area contributed by atoms with E-state index in [0.717, 1.165) is 12.0 Å². The van der Waals surface area contributed by atoms with Crippen molar-refractivity contribution in [2.45, 2.75) is 19.4 Å². The fraction of sp³-hybridized carbons (Fsp3) is 0.556. The highest BCUT2D eigenvalue weighted by molar-refractivity contribution is 7.92.